The summed E-state index contributed by atoms with van der Waals surface area (Å²) in [7, 11) is -2.70. The molecule has 1 fully saturated rings. The predicted octanol–water partition coefficient (Wildman–Crippen LogP) is 6.21. The first kappa shape index (κ1) is 33.7. The van der Waals surface area contributed by atoms with Gasteiger partial charge in [0.05, 0.1) is 17.7 Å². The molecule has 0 bridgehead atoms. The van der Waals surface area contributed by atoms with Gasteiger partial charge in [-0.3, -0.25) is 13.9 Å². The highest BCUT2D eigenvalue weighted by Crippen LogP contribution is 2.28. The lowest BCUT2D eigenvalue weighted by atomic mass is 10.0. The van der Waals surface area contributed by atoms with Gasteiger partial charge in [0, 0.05) is 25.1 Å². The minimum atomic E-state index is -4.20. The topological polar surface area (TPSA) is 96.0 Å². The summed E-state index contributed by atoms with van der Waals surface area (Å²) in [6.45, 7) is 3.47. The van der Waals surface area contributed by atoms with Crippen molar-refractivity contribution in [2.24, 2.45) is 0 Å². The van der Waals surface area contributed by atoms with Crippen LogP contribution in [0.3, 0.4) is 0 Å². The molecule has 0 aliphatic heterocycles. The molecule has 2 amide bonds. The third-order valence-corrected chi connectivity index (χ3v) is 10.6. The first-order chi connectivity index (χ1) is 22.7. The molecular formula is C38H43N3O5S. The molecule has 47 heavy (non-hydrogen) atoms. The molecule has 5 rings (SSSR count). The molecule has 1 aliphatic rings. The SMILES string of the molecule is COc1cccc(N(CC(=O)N(Cc2ccccc2C)[C@@H](Cc2ccccc2)C(=O)NC2CCCC2)S(=O)(=O)c2ccc(C)cc2)c1. The van der Waals surface area contributed by atoms with Gasteiger partial charge in [-0.05, 0) is 67.6 Å². The van der Waals surface area contributed by atoms with Gasteiger partial charge in [-0.25, -0.2) is 8.42 Å². The average molecular weight is 654 g/mol. The average Bonchev–Trinajstić information content (AvgIpc) is 3.59. The van der Waals surface area contributed by atoms with Crippen molar-refractivity contribution in [1.82, 2.24) is 10.2 Å². The molecule has 1 aliphatic carbocycles. The number of ether oxygens (including phenoxy) is 1. The van der Waals surface area contributed by atoms with E-state index in [9.17, 15) is 18.0 Å². The standard InChI is InChI=1S/C38H43N3O5S/c1-28-20-22-35(23-21-28)47(44,45)41(33-18-11-19-34(25-33)46-3)27-37(42)40(26-31-15-8-7-12-29(31)2)36(24-30-13-5-4-6-14-30)38(43)39-32-16-9-10-17-32/h4-8,11-15,18-23,25,32,36H,9-10,16-17,24,26-27H2,1-3H3,(H,39,43)/t36-/m0/s1. The Bertz CT molecular complexity index is 1770. The number of carbonyl (C=O) groups is 2. The molecule has 1 saturated carbocycles. The zero-order chi connectivity index (χ0) is 33.4. The molecule has 9 heteroatoms. The molecule has 0 radical (unpaired) electrons. The number of anilines is 1. The largest absolute Gasteiger partial charge is 0.497 e. The fourth-order valence-corrected chi connectivity index (χ4v) is 7.43. The van der Waals surface area contributed by atoms with Crippen LogP contribution in [0.2, 0.25) is 0 Å². The molecule has 0 saturated heterocycles. The Morgan fingerprint density at radius 3 is 2.23 bits per heavy atom. The number of benzene rings is 4. The lowest BCUT2D eigenvalue weighted by Gasteiger charge is -2.34. The van der Waals surface area contributed by atoms with Crippen LogP contribution in [0.15, 0.2) is 108 Å². The second kappa shape index (κ2) is 15.3. The van der Waals surface area contributed by atoms with E-state index in [0.29, 0.717) is 5.75 Å². The van der Waals surface area contributed by atoms with Crippen molar-refractivity contribution < 1.29 is 22.7 Å². The Hall–Kier alpha value is -4.63. The van der Waals surface area contributed by atoms with Gasteiger partial charge in [0.2, 0.25) is 11.8 Å². The van der Waals surface area contributed by atoms with E-state index in [1.807, 2.05) is 68.4 Å². The minimum absolute atomic E-state index is 0.0476. The van der Waals surface area contributed by atoms with E-state index in [1.54, 1.807) is 53.4 Å². The lowest BCUT2D eigenvalue weighted by Crippen LogP contribution is -2.54. The van der Waals surface area contributed by atoms with Gasteiger partial charge in [-0.2, -0.15) is 0 Å². The number of nitrogens with zero attached hydrogens (tertiary/aromatic N) is 2. The molecule has 8 nitrogen and oxygen atoms in total. The van der Waals surface area contributed by atoms with Gasteiger partial charge >= 0.3 is 0 Å². The van der Waals surface area contributed by atoms with Crippen LogP contribution < -0.4 is 14.4 Å². The van der Waals surface area contributed by atoms with Gasteiger partial charge in [0.15, 0.2) is 0 Å². The van der Waals surface area contributed by atoms with Crippen molar-refractivity contribution >= 4 is 27.5 Å². The van der Waals surface area contributed by atoms with Crippen molar-refractivity contribution in [1.29, 1.82) is 0 Å². The zero-order valence-electron chi connectivity index (χ0n) is 27.3. The van der Waals surface area contributed by atoms with Crippen LogP contribution in [0.25, 0.3) is 0 Å². The van der Waals surface area contributed by atoms with Gasteiger partial charge in [-0.15, -0.1) is 0 Å². The summed E-state index contributed by atoms with van der Waals surface area (Å²) in [5.74, 6) is -0.278. The Labute approximate surface area is 278 Å². The third-order valence-electron chi connectivity index (χ3n) is 8.80. The Balaban J connectivity index is 1.58. The number of hydrogen-bond acceptors (Lipinski definition) is 5. The van der Waals surface area contributed by atoms with Crippen LogP contribution in [-0.2, 0) is 32.6 Å². The maximum atomic E-state index is 14.7. The fourth-order valence-electron chi connectivity index (χ4n) is 6.02. The molecule has 1 atom stereocenters. The van der Waals surface area contributed by atoms with Crippen LogP contribution >= 0.6 is 0 Å². The molecule has 4 aromatic rings. The monoisotopic (exact) mass is 653 g/mol. The summed E-state index contributed by atoms with van der Waals surface area (Å²) in [6, 6.07) is 29.7. The highest BCUT2D eigenvalue weighted by Gasteiger charge is 2.35. The van der Waals surface area contributed by atoms with Gasteiger partial charge in [0.25, 0.3) is 10.0 Å². The van der Waals surface area contributed by atoms with E-state index in [1.165, 1.54) is 7.11 Å². The molecular weight excluding hydrogens is 611 g/mol. The minimum Gasteiger partial charge on any atom is -0.497 e. The molecule has 0 spiro atoms. The Morgan fingerprint density at radius 1 is 0.872 bits per heavy atom. The number of methoxy groups -OCH3 is 1. The van der Waals surface area contributed by atoms with E-state index in [-0.39, 0.29) is 35.5 Å². The maximum absolute atomic E-state index is 14.7. The number of sulfonamides is 1. The summed E-state index contributed by atoms with van der Waals surface area (Å²) < 4.78 is 35.1. The summed E-state index contributed by atoms with van der Waals surface area (Å²) in [5.41, 5.74) is 3.94. The Kier molecular flexibility index (Phi) is 11.0. The normalized spacial score (nSPS) is 13.9. The molecule has 4 aromatic carbocycles. The van der Waals surface area contributed by atoms with Crippen LogP contribution in [0.1, 0.15) is 47.9 Å². The quantitative estimate of drug-likeness (QED) is 0.185. The van der Waals surface area contributed by atoms with E-state index >= 15 is 0 Å². The summed E-state index contributed by atoms with van der Waals surface area (Å²) in [4.78, 5) is 30.5. The summed E-state index contributed by atoms with van der Waals surface area (Å²) in [5, 5.41) is 3.22. The van der Waals surface area contributed by atoms with Crippen LogP contribution in [0.4, 0.5) is 5.69 Å². The highest BCUT2D eigenvalue weighted by molar-refractivity contribution is 7.92. The number of rotatable bonds is 13. The van der Waals surface area contributed by atoms with Crippen molar-refractivity contribution in [3.8, 4) is 5.75 Å². The van der Waals surface area contributed by atoms with Gasteiger partial charge in [0.1, 0.15) is 18.3 Å². The lowest BCUT2D eigenvalue weighted by molar-refractivity contribution is -0.140. The second-order valence-corrected chi connectivity index (χ2v) is 14.0. The first-order valence-corrected chi connectivity index (χ1v) is 17.5. The van der Waals surface area contributed by atoms with Crippen LogP contribution in [0, 0.1) is 13.8 Å². The smallest absolute Gasteiger partial charge is 0.264 e. The number of aryl methyl sites for hydroxylation is 2. The van der Waals surface area contributed by atoms with Gasteiger partial charge < -0.3 is 15.0 Å². The number of hydrogen-bond donors (Lipinski definition) is 1. The van der Waals surface area contributed by atoms with Crippen molar-refractivity contribution in [3.63, 3.8) is 0 Å². The van der Waals surface area contributed by atoms with E-state index in [4.69, 9.17) is 4.74 Å². The molecule has 246 valence electrons. The predicted molar refractivity (Wildman–Crippen MR) is 185 cm³/mol. The number of nitrogens with one attached hydrogen (secondary N) is 1. The molecule has 0 unspecified atom stereocenters. The fraction of sp³-hybridized carbons (Fsp3) is 0.316. The van der Waals surface area contributed by atoms with Crippen LogP contribution in [-0.4, -0.2) is 50.9 Å². The number of carbonyl (C=O) groups excluding carboxylic acids is 2. The Morgan fingerprint density at radius 2 is 1.55 bits per heavy atom. The van der Waals surface area contributed by atoms with E-state index in [2.05, 4.69) is 5.32 Å². The van der Waals surface area contributed by atoms with Crippen LogP contribution in [0.5, 0.6) is 5.75 Å². The van der Waals surface area contributed by atoms with Crippen molar-refractivity contribution in [2.75, 3.05) is 18.0 Å². The third kappa shape index (κ3) is 8.40. The van der Waals surface area contributed by atoms with Crippen molar-refractivity contribution in [2.45, 2.75) is 69.5 Å². The highest BCUT2D eigenvalue weighted by atomic mass is 32.2. The molecule has 1 N–H and O–H groups in total. The maximum Gasteiger partial charge on any atom is 0.264 e. The summed E-state index contributed by atoms with van der Waals surface area (Å²) >= 11 is 0. The molecule has 0 heterocycles. The second-order valence-electron chi connectivity index (χ2n) is 12.2. The van der Waals surface area contributed by atoms with E-state index in [0.717, 1.165) is 52.2 Å². The number of amides is 2. The molecule has 0 aromatic heterocycles. The van der Waals surface area contributed by atoms with Gasteiger partial charge in [-0.1, -0.05) is 91.2 Å². The zero-order valence-corrected chi connectivity index (χ0v) is 28.1. The summed E-state index contributed by atoms with van der Waals surface area (Å²) in [6.07, 6.45) is 4.17. The van der Waals surface area contributed by atoms with E-state index < -0.39 is 28.5 Å². The van der Waals surface area contributed by atoms with Crippen molar-refractivity contribution in [3.05, 3.63) is 125 Å². The first-order valence-electron chi connectivity index (χ1n) is 16.1.